The van der Waals surface area contributed by atoms with Crippen molar-refractivity contribution >= 4 is 11.4 Å². The summed E-state index contributed by atoms with van der Waals surface area (Å²) in [5.41, 5.74) is 1.24. The summed E-state index contributed by atoms with van der Waals surface area (Å²) in [6, 6.07) is 7.70. The molecule has 1 rings (SSSR count). The lowest BCUT2D eigenvalue weighted by molar-refractivity contribution is -0.112. The van der Waals surface area contributed by atoms with Gasteiger partial charge in [-0.2, -0.15) is 4.21 Å². The second-order valence-electron chi connectivity index (χ2n) is 6.44. The summed E-state index contributed by atoms with van der Waals surface area (Å²) in [6.07, 6.45) is 1.43. The maximum absolute atomic E-state index is 11.2. The van der Waals surface area contributed by atoms with Gasteiger partial charge in [0.15, 0.2) is 0 Å². The average molecular weight is 338 g/mol. The predicted octanol–water partition coefficient (Wildman–Crippen LogP) is 4.43. The second-order valence-corrected chi connectivity index (χ2v) is 7.04. The minimum absolute atomic E-state index is 0.0514. The average Bonchev–Trinajstić information content (AvgIpc) is 2.44. The van der Waals surface area contributed by atoms with E-state index in [4.69, 9.17) is 13.5 Å². The molecule has 1 aromatic carbocycles. The molecule has 2 unspecified atom stereocenters. The van der Waals surface area contributed by atoms with Crippen LogP contribution < -0.4 is 4.74 Å². The van der Waals surface area contributed by atoms with Crippen LogP contribution in [0.2, 0.25) is 0 Å². The summed E-state index contributed by atoms with van der Waals surface area (Å²) >= 11 is -2.42. The van der Waals surface area contributed by atoms with Crippen molar-refractivity contribution in [3.63, 3.8) is 0 Å². The van der Waals surface area contributed by atoms with Crippen molar-refractivity contribution in [2.75, 3.05) is 0 Å². The first-order valence-electron chi connectivity index (χ1n) is 7.72. The summed E-state index contributed by atoms with van der Waals surface area (Å²) in [6.45, 7) is 10.1. The van der Waals surface area contributed by atoms with Crippen LogP contribution >= 0.6 is 0 Å². The van der Waals surface area contributed by atoms with Crippen LogP contribution in [-0.2, 0) is 21.0 Å². The lowest BCUT2D eigenvalue weighted by Gasteiger charge is -2.31. The van der Waals surface area contributed by atoms with Gasteiger partial charge in [0, 0.05) is 6.42 Å². The molecule has 0 amide bonds. The lowest BCUT2D eigenvalue weighted by Crippen LogP contribution is -2.39. The molecule has 0 aliphatic carbocycles. The van der Waals surface area contributed by atoms with E-state index in [1.54, 1.807) is 6.92 Å². The minimum atomic E-state index is -2.42. The monoisotopic (exact) mass is 338 g/mol. The van der Waals surface area contributed by atoms with Crippen LogP contribution in [0.4, 0.5) is 0 Å². The third kappa shape index (κ3) is 6.34. The van der Waals surface area contributed by atoms with Gasteiger partial charge in [0.1, 0.15) is 5.75 Å². The van der Waals surface area contributed by atoms with E-state index in [-0.39, 0.29) is 11.8 Å². The Labute approximate surface area is 142 Å². The maximum atomic E-state index is 11.2. The first-order valence-corrected chi connectivity index (χ1v) is 8.75. The molecule has 1 N–H and O–H groups in total. The van der Waals surface area contributed by atoms with Gasteiger partial charge in [-0.1, -0.05) is 45.7 Å². The highest BCUT2D eigenvalue weighted by atomic mass is 32.2. The Morgan fingerprint density at radius 3 is 2.26 bits per heavy atom. The highest BCUT2D eigenvalue weighted by Crippen LogP contribution is 2.30. The zero-order valence-corrected chi connectivity index (χ0v) is 15.3. The van der Waals surface area contributed by atoms with E-state index in [2.05, 4.69) is 32.6 Å². The summed E-state index contributed by atoms with van der Waals surface area (Å²) in [4.78, 5) is 0. The standard InChI is InChI=1S/C18H26O4S/c1-6-8-14-18(13-7-2,22-23(19)20)21-16-11-9-15(10-12-16)17(3,4)5/h9-12H,7,13-14H2,1-5H3,(H,19,20). The molecule has 0 saturated heterocycles. The Morgan fingerprint density at radius 2 is 1.83 bits per heavy atom. The van der Waals surface area contributed by atoms with E-state index < -0.39 is 17.1 Å². The molecule has 1 aromatic rings. The van der Waals surface area contributed by atoms with Crippen LogP contribution in [0.25, 0.3) is 0 Å². The number of hydrogen-bond acceptors (Lipinski definition) is 3. The van der Waals surface area contributed by atoms with Crippen LogP contribution in [0.15, 0.2) is 24.3 Å². The predicted molar refractivity (Wildman–Crippen MR) is 93.3 cm³/mol. The van der Waals surface area contributed by atoms with Crippen LogP contribution in [0, 0.1) is 11.8 Å². The molecule has 23 heavy (non-hydrogen) atoms. The second kappa shape index (κ2) is 8.49. The number of hydrogen-bond donors (Lipinski definition) is 1. The summed E-state index contributed by atoms with van der Waals surface area (Å²) < 4.78 is 31.5. The molecule has 0 saturated carbocycles. The summed E-state index contributed by atoms with van der Waals surface area (Å²) in [7, 11) is 0. The minimum Gasteiger partial charge on any atom is -0.460 e. The van der Waals surface area contributed by atoms with Gasteiger partial charge >= 0.3 is 11.4 Å². The van der Waals surface area contributed by atoms with E-state index in [0.717, 1.165) is 6.42 Å². The summed E-state index contributed by atoms with van der Waals surface area (Å²) in [5, 5.41) is 0. The van der Waals surface area contributed by atoms with Gasteiger partial charge in [-0.25, -0.2) is 4.18 Å². The van der Waals surface area contributed by atoms with Crippen molar-refractivity contribution in [2.24, 2.45) is 0 Å². The van der Waals surface area contributed by atoms with Gasteiger partial charge in [-0.3, -0.25) is 4.55 Å². The van der Waals surface area contributed by atoms with Crippen molar-refractivity contribution in [1.82, 2.24) is 0 Å². The van der Waals surface area contributed by atoms with E-state index in [0.29, 0.717) is 12.2 Å². The third-order valence-corrected chi connectivity index (χ3v) is 3.86. The molecule has 0 fully saturated rings. The molecular formula is C18H26O4S. The molecule has 5 heteroatoms. The zero-order chi connectivity index (χ0) is 17.5. The largest absolute Gasteiger partial charge is 0.460 e. The molecule has 2 atom stereocenters. The SMILES string of the molecule is CC#CCC(CCC)(Oc1ccc(C(C)(C)C)cc1)OS(=O)O. The van der Waals surface area contributed by atoms with Gasteiger partial charge in [0.2, 0.25) is 5.79 Å². The number of rotatable bonds is 7. The molecule has 128 valence electrons. The van der Waals surface area contributed by atoms with Crippen LogP contribution in [0.5, 0.6) is 5.75 Å². The van der Waals surface area contributed by atoms with Crippen molar-refractivity contribution in [3.8, 4) is 17.6 Å². The highest BCUT2D eigenvalue weighted by Gasteiger charge is 2.35. The molecule has 0 aliphatic rings. The number of ether oxygens (including phenoxy) is 1. The van der Waals surface area contributed by atoms with Crippen LogP contribution in [0.3, 0.4) is 0 Å². The molecule has 0 aromatic heterocycles. The van der Waals surface area contributed by atoms with E-state index >= 15 is 0 Å². The highest BCUT2D eigenvalue weighted by molar-refractivity contribution is 7.74. The van der Waals surface area contributed by atoms with E-state index in [1.807, 2.05) is 31.2 Å². The van der Waals surface area contributed by atoms with Crippen molar-refractivity contribution in [2.45, 2.75) is 65.1 Å². The Bertz CT molecular complexity index is 578. The first kappa shape index (κ1) is 19.7. The van der Waals surface area contributed by atoms with Gasteiger partial charge < -0.3 is 4.74 Å². The smallest absolute Gasteiger partial charge is 0.305 e. The summed E-state index contributed by atoms with van der Waals surface area (Å²) in [5.74, 6) is 5.04. The van der Waals surface area contributed by atoms with Crippen molar-refractivity contribution in [3.05, 3.63) is 29.8 Å². The van der Waals surface area contributed by atoms with Gasteiger partial charge in [0.05, 0.1) is 6.42 Å². The molecule has 0 aliphatic heterocycles. The van der Waals surface area contributed by atoms with Gasteiger partial charge in [0.25, 0.3) is 0 Å². The molecule has 4 nitrogen and oxygen atoms in total. The van der Waals surface area contributed by atoms with Crippen LogP contribution in [-0.4, -0.2) is 14.5 Å². The van der Waals surface area contributed by atoms with Gasteiger partial charge in [-0.15, -0.1) is 5.92 Å². The van der Waals surface area contributed by atoms with E-state index in [9.17, 15) is 4.21 Å². The lowest BCUT2D eigenvalue weighted by atomic mass is 9.87. The van der Waals surface area contributed by atoms with Crippen LogP contribution in [0.1, 0.15) is 59.4 Å². The van der Waals surface area contributed by atoms with Gasteiger partial charge in [-0.05, 0) is 36.5 Å². The number of benzene rings is 1. The Kier molecular flexibility index (Phi) is 7.27. The molecule has 0 bridgehead atoms. The normalized spacial score (nSPS) is 15.2. The first-order chi connectivity index (χ1) is 10.7. The van der Waals surface area contributed by atoms with Crippen molar-refractivity contribution < 1.29 is 17.7 Å². The Hall–Kier alpha value is -1.35. The molecule has 0 spiro atoms. The fraction of sp³-hybridized carbons (Fsp3) is 0.556. The quantitative estimate of drug-likeness (QED) is 0.454. The third-order valence-electron chi connectivity index (χ3n) is 3.41. The topological polar surface area (TPSA) is 55.8 Å². The Balaban J connectivity index is 3.06. The maximum Gasteiger partial charge on any atom is 0.305 e. The Morgan fingerprint density at radius 1 is 1.22 bits per heavy atom. The van der Waals surface area contributed by atoms with E-state index in [1.165, 1.54) is 5.56 Å². The molecule has 0 heterocycles. The fourth-order valence-corrected chi connectivity index (χ4v) is 2.67. The molecular weight excluding hydrogens is 312 g/mol. The fourth-order valence-electron chi connectivity index (χ4n) is 2.24. The van der Waals surface area contributed by atoms with Crippen molar-refractivity contribution in [1.29, 1.82) is 0 Å². The zero-order valence-electron chi connectivity index (χ0n) is 14.5. The molecule has 0 radical (unpaired) electrons.